The quantitative estimate of drug-likeness (QED) is 0.401. The average Bonchev–Trinajstić information content (AvgIpc) is 2.98. The molecule has 0 spiro atoms. The van der Waals surface area contributed by atoms with Crippen molar-refractivity contribution in [3.8, 4) is 0 Å². The molecule has 202 valence electrons. The molecular formula is C30H46O6. The Hall–Kier alpha value is -1.50. The summed E-state index contributed by atoms with van der Waals surface area (Å²) in [5.74, 6) is -0.922. The van der Waals surface area contributed by atoms with Crippen LogP contribution in [0.1, 0.15) is 99.8 Å². The maximum absolute atomic E-state index is 14.1. The summed E-state index contributed by atoms with van der Waals surface area (Å²) in [6.07, 6.45) is 5.12. The lowest BCUT2D eigenvalue weighted by molar-refractivity contribution is -0.138. The number of aliphatic carboxylic acids is 1. The minimum absolute atomic E-state index is 0.140. The highest BCUT2D eigenvalue weighted by molar-refractivity contribution is 6.00. The van der Waals surface area contributed by atoms with E-state index in [1.165, 1.54) is 0 Å². The predicted molar refractivity (Wildman–Crippen MR) is 138 cm³/mol. The van der Waals surface area contributed by atoms with Gasteiger partial charge >= 0.3 is 5.97 Å². The molecule has 2 saturated carbocycles. The lowest BCUT2D eigenvalue weighted by Crippen LogP contribution is -2.59. The fraction of sp³-hybridized carbons (Fsp3) is 0.800. The van der Waals surface area contributed by atoms with Crippen molar-refractivity contribution < 1.29 is 30.0 Å². The van der Waals surface area contributed by atoms with Crippen molar-refractivity contribution in [1.29, 1.82) is 0 Å². The second kappa shape index (κ2) is 8.51. The van der Waals surface area contributed by atoms with Crippen LogP contribution in [0.3, 0.4) is 0 Å². The smallest absolute Gasteiger partial charge is 0.330 e. The van der Waals surface area contributed by atoms with Gasteiger partial charge in [0.15, 0.2) is 5.78 Å². The highest BCUT2D eigenvalue weighted by atomic mass is 16.4. The van der Waals surface area contributed by atoms with Crippen LogP contribution in [0, 0.1) is 33.5 Å². The monoisotopic (exact) mass is 502 g/mol. The molecule has 4 N–H and O–H groups in total. The van der Waals surface area contributed by atoms with E-state index in [1.807, 2.05) is 0 Å². The number of carbonyl (C=O) groups is 2. The van der Waals surface area contributed by atoms with Crippen molar-refractivity contribution in [2.24, 2.45) is 33.5 Å². The maximum Gasteiger partial charge on any atom is 0.330 e. The highest BCUT2D eigenvalue weighted by Crippen LogP contribution is 2.72. The Morgan fingerprint density at radius 2 is 1.75 bits per heavy atom. The van der Waals surface area contributed by atoms with Crippen LogP contribution in [-0.4, -0.2) is 50.0 Å². The van der Waals surface area contributed by atoms with Gasteiger partial charge in [0.05, 0.1) is 17.8 Å². The second-order valence-corrected chi connectivity index (χ2v) is 13.9. The number of fused-ring (bicyclic) bond motifs is 4. The number of carboxylic acid groups (broad SMARTS) is 1. The lowest BCUT2D eigenvalue weighted by Gasteiger charge is -2.61. The van der Waals surface area contributed by atoms with Crippen LogP contribution in [0.15, 0.2) is 22.8 Å². The van der Waals surface area contributed by atoms with Gasteiger partial charge in [-0.05, 0) is 86.9 Å². The molecule has 0 heterocycles. The van der Waals surface area contributed by atoms with Crippen molar-refractivity contribution >= 4 is 11.8 Å². The topological polar surface area (TPSA) is 115 Å². The van der Waals surface area contributed by atoms with Crippen LogP contribution in [0.2, 0.25) is 0 Å². The number of carbonyl (C=O) groups excluding carboxylic acids is 1. The maximum atomic E-state index is 14.1. The fourth-order valence-electron chi connectivity index (χ4n) is 9.31. The minimum Gasteiger partial charge on any atom is -0.478 e. The normalized spacial score (nSPS) is 43.9. The van der Waals surface area contributed by atoms with E-state index in [0.29, 0.717) is 25.7 Å². The summed E-state index contributed by atoms with van der Waals surface area (Å²) >= 11 is 0. The molecule has 0 bridgehead atoms. The van der Waals surface area contributed by atoms with Gasteiger partial charge in [-0.25, -0.2) is 4.79 Å². The SMILES string of the molecule is C/C(=C\CC[C@](C)(O)C1C[C@H](O)[C@@]2(C)C3=C(C(=O)C[C@]12C)[C@@]1(C)CC[C@H](O)C(C)(C)C1CC3)C(=O)O. The number of hydrogen-bond donors (Lipinski definition) is 4. The van der Waals surface area contributed by atoms with Gasteiger partial charge < -0.3 is 20.4 Å². The second-order valence-electron chi connectivity index (χ2n) is 13.9. The summed E-state index contributed by atoms with van der Waals surface area (Å²) in [6, 6.07) is 0. The third kappa shape index (κ3) is 3.61. The Labute approximate surface area is 215 Å². The van der Waals surface area contributed by atoms with E-state index in [9.17, 15) is 24.9 Å². The van der Waals surface area contributed by atoms with Crippen molar-refractivity contribution in [2.45, 2.75) is 118 Å². The number of carboxylic acids is 1. The Morgan fingerprint density at radius 1 is 1.11 bits per heavy atom. The van der Waals surface area contributed by atoms with Gasteiger partial charge in [-0.3, -0.25) is 4.79 Å². The molecule has 0 aromatic heterocycles. The van der Waals surface area contributed by atoms with Gasteiger partial charge in [0, 0.05) is 23.0 Å². The zero-order valence-corrected chi connectivity index (χ0v) is 23.1. The Balaban J connectivity index is 1.74. The molecule has 0 aromatic carbocycles. The molecule has 4 rings (SSSR count). The van der Waals surface area contributed by atoms with E-state index in [-0.39, 0.29) is 46.5 Å². The number of Topliss-reactive ketones (excluding diaryl/α,β-unsaturated/α-hetero) is 1. The van der Waals surface area contributed by atoms with Gasteiger partial charge in [0.2, 0.25) is 0 Å². The number of ketones is 1. The highest BCUT2D eigenvalue weighted by Gasteiger charge is 2.70. The van der Waals surface area contributed by atoms with Crippen LogP contribution in [-0.2, 0) is 9.59 Å². The van der Waals surface area contributed by atoms with Crippen molar-refractivity contribution in [2.75, 3.05) is 0 Å². The molecule has 0 aromatic rings. The van der Waals surface area contributed by atoms with Gasteiger partial charge in [0.25, 0.3) is 0 Å². The van der Waals surface area contributed by atoms with Crippen molar-refractivity contribution in [3.05, 3.63) is 22.8 Å². The van der Waals surface area contributed by atoms with E-state index in [1.54, 1.807) is 19.9 Å². The number of rotatable bonds is 5. The zero-order valence-electron chi connectivity index (χ0n) is 23.1. The van der Waals surface area contributed by atoms with Crippen LogP contribution in [0.5, 0.6) is 0 Å². The van der Waals surface area contributed by atoms with E-state index in [0.717, 1.165) is 30.4 Å². The molecule has 0 aliphatic heterocycles. The summed E-state index contributed by atoms with van der Waals surface area (Å²) in [5, 5.41) is 43.3. The molecule has 6 heteroatoms. The van der Waals surface area contributed by atoms with E-state index in [4.69, 9.17) is 5.11 Å². The number of hydrogen-bond acceptors (Lipinski definition) is 5. The first-order chi connectivity index (χ1) is 16.4. The molecule has 2 unspecified atom stereocenters. The minimum atomic E-state index is -1.15. The van der Waals surface area contributed by atoms with E-state index >= 15 is 0 Å². The third-order valence-corrected chi connectivity index (χ3v) is 11.7. The molecule has 4 aliphatic rings. The number of aliphatic hydroxyl groups is 3. The number of aliphatic hydroxyl groups excluding tert-OH is 2. The van der Waals surface area contributed by atoms with E-state index < -0.39 is 28.5 Å². The van der Waals surface area contributed by atoms with Crippen LogP contribution in [0.4, 0.5) is 0 Å². The Morgan fingerprint density at radius 3 is 2.36 bits per heavy atom. The first-order valence-corrected chi connectivity index (χ1v) is 13.7. The first-order valence-electron chi connectivity index (χ1n) is 13.7. The van der Waals surface area contributed by atoms with Crippen LogP contribution < -0.4 is 0 Å². The molecule has 8 atom stereocenters. The standard InChI is InChI=1S/C30H46O6/c1-17(25(34)35)9-8-13-29(6,36)21-15-23(33)30(7)18-10-11-20-26(2,3)22(32)12-14-27(20,4)24(18)19(31)16-28(21,30)5/h9,20-23,32-33,36H,8,10-16H2,1-7H3,(H,34,35)/b17-9+/t20?,21?,22-,23-,27-,28+,29-,30+/m0/s1. The fourth-order valence-corrected chi connectivity index (χ4v) is 9.31. The largest absolute Gasteiger partial charge is 0.478 e. The van der Waals surface area contributed by atoms with Gasteiger partial charge in [-0.1, -0.05) is 46.3 Å². The molecule has 6 nitrogen and oxygen atoms in total. The van der Waals surface area contributed by atoms with E-state index in [2.05, 4.69) is 34.6 Å². The van der Waals surface area contributed by atoms with Crippen molar-refractivity contribution in [1.82, 2.24) is 0 Å². The molecule has 0 saturated heterocycles. The molecule has 36 heavy (non-hydrogen) atoms. The van der Waals surface area contributed by atoms with Gasteiger partial charge in [-0.2, -0.15) is 0 Å². The molecule has 0 amide bonds. The summed E-state index contributed by atoms with van der Waals surface area (Å²) < 4.78 is 0. The lowest BCUT2D eigenvalue weighted by atomic mass is 9.42. The summed E-state index contributed by atoms with van der Waals surface area (Å²) in [4.78, 5) is 25.2. The first kappa shape index (κ1) is 27.5. The Kier molecular flexibility index (Phi) is 6.50. The third-order valence-electron chi connectivity index (χ3n) is 11.7. The summed E-state index contributed by atoms with van der Waals surface area (Å²) in [7, 11) is 0. The molecule has 2 fully saturated rings. The van der Waals surface area contributed by atoms with Crippen molar-refractivity contribution in [3.63, 3.8) is 0 Å². The average molecular weight is 503 g/mol. The molecule has 0 radical (unpaired) electrons. The van der Waals surface area contributed by atoms with Crippen LogP contribution in [0.25, 0.3) is 0 Å². The van der Waals surface area contributed by atoms with Gasteiger partial charge in [0.1, 0.15) is 0 Å². The molecular weight excluding hydrogens is 456 g/mol. The van der Waals surface area contributed by atoms with Gasteiger partial charge in [-0.15, -0.1) is 0 Å². The zero-order chi connectivity index (χ0) is 27.1. The summed E-state index contributed by atoms with van der Waals surface area (Å²) in [5.41, 5.74) is -0.749. The van der Waals surface area contributed by atoms with Crippen LogP contribution >= 0.6 is 0 Å². The predicted octanol–water partition coefficient (Wildman–Crippen LogP) is 4.81. The number of allylic oxidation sites excluding steroid dienone is 2. The molecule has 4 aliphatic carbocycles. The summed E-state index contributed by atoms with van der Waals surface area (Å²) in [6.45, 7) is 14.0. The Bertz CT molecular complexity index is 1020.